The summed E-state index contributed by atoms with van der Waals surface area (Å²) in [5.41, 5.74) is 0.0476. The molecule has 1 rings (SSSR count). The zero-order valence-corrected chi connectivity index (χ0v) is 7.20. The molecule has 0 aromatic rings. The van der Waals surface area contributed by atoms with Gasteiger partial charge in [0.05, 0.1) is 0 Å². The largest absolute Gasteiger partial charge is 0.331 e. The Morgan fingerprint density at radius 1 is 1.38 bits per heavy atom. The molecule has 0 aromatic carbocycles. The van der Waals surface area contributed by atoms with Gasteiger partial charge >= 0.3 is 5.97 Å². The summed E-state index contributed by atoms with van der Waals surface area (Å²) in [4.78, 5) is 36.6. The second-order valence-corrected chi connectivity index (χ2v) is 2.73. The van der Waals surface area contributed by atoms with Crippen molar-refractivity contribution in [1.29, 1.82) is 0 Å². The van der Waals surface area contributed by atoms with Crippen LogP contribution in [0.15, 0.2) is 5.16 Å². The first-order chi connectivity index (χ1) is 6.11. The SMILES string of the molecule is CC(=O)ON=C1CCCC(=O)C1=O. The van der Waals surface area contributed by atoms with Crippen molar-refractivity contribution in [2.75, 3.05) is 0 Å². The third-order valence-electron chi connectivity index (χ3n) is 1.62. The van der Waals surface area contributed by atoms with Gasteiger partial charge in [0.25, 0.3) is 0 Å². The Kier molecular flexibility index (Phi) is 2.89. The first kappa shape index (κ1) is 9.57. The van der Waals surface area contributed by atoms with E-state index < -0.39 is 17.5 Å². The lowest BCUT2D eigenvalue weighted by Gasteiger charge is -2.08. The Hall–Kier alpha value is -1.52. The van der Waals surface area contributed by atoms with Crippen LogP contribution < -0.4 is 0 Å². The van der Waals surface area contributed by atoms with Crippen LogP contribution in [-0.2, 0) is 19.2 Å². The summed E-state index contributed by atoms with van der Waals surface area (Å²) < 4.78 is 0. The first-order valence-corrected chi connectivity index (χ1v) is 3.93. The molecule has 5 heteroatoms. The van der Waals surface area contributed by atoms with E-state index in [0.717, 1.165) is 0 Å². The normalized spacial score (nSPS) is 20.5. The van der Waals surface area contributed by atoms with Crippen LogP contribution in [0.2, 0.25) is 0 Å². The Morgan fingerprint density at radius 3 is 2.69 bits per heavy atom. The number of carbonyl (C=O) groups excluding carboxylic acids is 3. The fraction of sp³-hybridized carbons (Fsp3) is 0.500. The molecule has 5 nitrogen and oxygen atoms in total. The Morgan fingerprint density at radius 2 is 2.08 bits per heavy atom. The van der Waals surface area contributed by atoms with E-state index in [1.165, 1.54) is 6.92 Å². The highest BCUT2D eigenvalue weighted by molar-refractivity contribution is 6.66. The van der Waals surface area contributed by atoms with Gasteiger partial charge in [-0.15, -0.1) is 0 Å². The number of nitrogens with zero attached hydrogens (tertiary/aromatic N) is 1. The van der Waals surface area contributed by atoms with Crippen molar-refractivity contribution in [3.05, 3.63) is 0 Å². The van der Waals surface area contributed by atoms with E-state index in [1.807, 2.05) is 0 Å². The van der Waals surface area contributed by atoms with E-state index in [4.69, 9.17) is 0 Å². The van der Waals surface area contributed by atoms with E-state index >= 15 is 0 Å². The molecule has 0 bridgehead atoms. The van der Waals surface area contributed by atoms with Crippen LogP contribution in [0.4, 0.5) is 0 Å². The number of Topliss-reactive ketones (excluding diaryl/α,β-unsaturated/α-hetero) is 2. The monoisotopic (exact) mass is 183 g/mol. The molecule has 0 aliphatic heterocycles. The minimum absolute atomic E-state index is 0.0476. The van der Waals surface area contributed by atoms with E-state index in [9.17, 15) is 14.4 Å². The Bertz CT molecular complexity index is 293. The van der Waals surface area contributed by atoms with E-state index in [0.29, 0.717) is 12.8 Å². The zero-order valence-electron chi connectivity index (χ0n) is 7.20. The summed E-state index contributed by atoms with van der Waals surface area (Å²) in [6.07, 6.45) is 1.25. The van der Waals surface area contributed by atoms with Gasteiger partial charge in [-0.05, 0) is 12.8 Å². The molecule has 0 spiro atoms. The average molecular weight is 183 g/mol. The molecular formula is C8H9NO4. The van der Waals surface area contributed by atoms with Crippen molar-refractivity contribution in [3.63, 3.8) is 0 Å². The lowest BCUT2D eigenvalue weighted by atomic mass is 9.96. The zero-order chi connectivity index (χ0) is 9.84. The second kappa shape index (κ2) is 3.93. The summed E-state index contributed by atoms with van der Waals surface area (Å²) in [6, 6.07) is 0. The summed E-state index contributed by atoms with van der Waals surface area (Å²) >= 11 is 0. The smallest absolute Gasteiger partial charge is 0.318 e. The summed E-state index contributed by atoms with van der Waals surface area (Å²) in [5, 5.41) is 3.31. The molecule has 0 atom stereocenters. The van der Waals surface area contributed by atoms with Crippen molar-refractivity contribution < 1.29 is 19.2 Å². The Labute approximate surface area is 74.7 Å². The molecular weight excluding hydrogens is 174 g/mol. The third kappa shape index (κ3) is 2.47. The quantitative estimate of drug-likeness (QED) is 0.331. The minimum atomic E-state index is -0.632. The molecule has 0 saturated heterocycles. The molecule has 70 valence electrons. The van der Waals surface area contributed by atoms with Crippen LogP contribution in [0.25, 0.3) is 0 Å². The van der Waals surface area contributed by atoms with E-state index in [-0.39, 0.29) is 12.1 Å². The number of hydrogen-bond donors (Lipinski definition) is 0. The first-order valence-electron chi connectivity index (χ1n) is 3.93. The second-order valence-electron chi connectivity index (χ2n) is 2.73. The van der Waals surface area contributed by atoms with Gasteiger partial charge in [-0.25, -0.2) is 4.79 Å². The van der Waals surface area contributed by atoms with Crippen LogP contribution in [0, 0.1) is 0 Å². The number of rotatable bonds is 1. The fourth-order valence-corrected chi connectivity index (χ4v) is 1.01. The molecule has 0 amide bonds. The number of hydrogen-bond acceptors (Lipinski definition) is 5. The molecule has 1 aliphatic carbocycles. The van der Waals surface area contributed by atoms with E-state index in [2.05, 4.69) is 9.99 Å². The highest BCUT2D eigenvalue weighted by atomic mass is 16.7. The van der Waals surface area contributed by atoms with Gasteiger partial charge in [0, 0.05) is 13.3 Å². The van der Waals surface area contributed by atoms with Crippen LogP contribution in [0.1, 0.15) is 26.2 Å². The molecule has 0 unspecified atom stereocenters. The number of ketones is 2. The van der Waals surface area contributed by atoms with Crippen molar-refractivity contribution >= 4 is 23.2 Å². The van der Waals surface area contributed by atoms with Gasteiger partial charge in [0.15, 0.2) is 0 Å². The predicted octanol–water partition coefficient (Wildman–Crippen LogP) is 0.228. The summed E-state index contributed by atoms with van der Waals surface area (Å²) in [7, 11) is 0. The van der Waals surface area contributed by atoms with Gasteiger partial charge in [-0.1, -0.05) is 5.16 Å². The van der Waals surface area contributed by atoms with Crippen LogP contribution in [0.5, 0.6) is 0 Å². The molecule has 13 heavy (non-hydrogen) atoms. The summed E-state index contributed by atoms with van der Waals surface area (Å²) in [5.74, 6) is -1.69. The predicted molar refractivity (Wildman–Crippen MR) is 43.1 cm³/mol. The van der Waals surface area contributed by atoms with Gasteiger partial charge < -0.3 is 4.84 Å². The third-order valence-corrected chi connectivity index (χ3v) is 1.62. The average Bonchev–Trinajstić information content (AvgIpc) is 2.07. The van der Waals surface area contributed by atoms with E-state index in [1.54, 1.807) is 0 Å². The molecule has 1 saturated carbocycles. The fourth-order valence-electron chi connectivity index (χ4n) is 1.01. The number of oxime groups is 1. The van der Waals surface area contributed by atoms with Gasteiger partial charge in [0.2, 0.25) is 11.6 Å². The van der Waals surface area contributed by atoms with Gasteiger partial charge in [-0.3, -0.25) is 9.59 Å². The summed E-state index contributed by atoms with van der Waals surface area (Å²) in [6.45, 7) is 1.18. The Balaban J connectivity index is 2.68. The molecule has 0 aromatic heterocycles. The van der Waals surface area contributed by atoms with Crippen LogP contribution in [-0.4, -0.2) is 23.2 Å². The van der Waals surface area contributed by atoms with Crippen molar-refractivity contribution in [3.8, 4) is 0 Å². The van der Waals surface area contributed by atoms with Gasteiger partial charge in [-0.2, -0.15) is 0 Å². The van der Waals surface area contributed by atoms with Crippen molar-refractivity contribution in [2.45, 2.75) is 26.2 Å². The van der Waals surface area contributed by atoms with Crippen molar-refractivity contribution in [1.82, 2.24) is 0 Å². The standard InChI is InChI=1S/C8H9NO4/c1-5(10)13-9-6-3-2-4-7(11)8(6)12/h2-4H2,1H3. The lowest BCUT2D eigenvalue weighted by Crippen LogP contribution is -2.28. The highest BCUT2D eigenvalue weighted by Crippen LogP contribution is 2.09. The molecule has 1 fully saturated rings. The topological polar surface area (TPSA) is 72.8 Å². The molecule has 0 heterocycles. The van der Waals surface area contributed by atoms with Gasteiger partial charge in [0.1, 0.15) is 5.71 Å². The molecule has 0 N–H and O–H groups in total. The maximum atomic E-state index is 11.1. The lowest BCUT2D eigenvalue weighted by molar-refractivity contribution is -0.141. The molecule has 1 aliphatic rings. The minimum Gasteiger partial charge on any atom is -0.318 e. The maximum absolute atomic E-state index is 11.1. The maximum Gasteiger partial charge on any atom is 0.331 e. The number of carbonyl (C=O) groups is 3. The van der Waals surface area contributed by atoms with Crippen LogP contribution in [0.3, 0.4) is 0 Å². The molecule has 0 radical (unpaired) electrons. The van der Waals surface area contributed by atoms with Crippen LogP contribution >= 0.6 is 0 Å². The van der Waals surface area contributed by atoms with Crippen molar-refractivity contribution in [2.24, 2.45) is 5.16 Å². The highest BCUT2D eigenvalue weighted by Gasteiger charge is 2.25.